The fraction of sp³-hybridized carbons (Fsp3) is 0.422. The SMILES string of the molecule is Brc1cnc2[nH]ccc2n1.CC1CCCC(C)(C(=O)c2c[nH]c3ncc(Br)nc23)C1.COc1cc(-c2cnc3[nH]cc(C(=O)C4(C)CCCC(C)C4)c3n2)cc(OC)c1OC. The molecule has 0 saturated heterocycles. The molecule has 2 saturated carbocycles. The summed E-state index contributed by atoms with van der Waals surface area (Å²) in [7, 11) is 4.71. The predicted octanol–water partition coefficient (Wildman–Crippen LogP) is 10.9. The van der Waals surface area contributed by atoms with Crippen molar-refractivity contribution >= 4 is 76.9 Å². The highest BCUT2D eigenvalue weighted by atomic mass is 79.9. The summed E-state index contributed by atoms with van der Waals surface area (Å²) in [5.74, 6) is 3.08. The van der Waals surface area contributed by atoms with Crippen LogP contribution in [-0.2, 0) is 0 Å². The number of methoxy groups -OCH3 is 3. The van der Waals surface area contributed by atoms with Crippen LogP contribution in [0.25, 0.3) is 44.7 Å². The molecule has 14 nitrogen and oxygen atoms in total. The second kappa shape index (κ2) is 18.4. The van der Waals surface area contributed by atoms with Crippen molar-refractivity contribution in [1.29, 1.82) is 0 Å². The zero-order valence-corrected chi connectivity index (χ0v) is 38.7. The molecule has 6 aromatic heterocycles. The first kappa shape index (κ1) is 43.9. The average Bonchev–Trinajstić information content (AvgIpc) is 4.01. The zero-order chi connectivity index (χ0) is 43.5. The number of aromatic nitrogens is 9. The van der Waals surface area contributed by atoms with Crippen LogP contribution < -0.4 is 14.2 Å². The van der Waals surface area contributed by atoms with Gasteiger partial charge in [0, 0.05) is 35.0 Å². The van der Waals surface area contributed by atoms with Crippen LogP contribution in [0, 0.1) is 22.7 Å². The minimum absolute atomic E-state index is 0.140. The summed E-state index contributed by atoms with van der Waals surface area (Å²) >= 11 is 6.55. The smallest absolute Gasteiger partial charge is 0.203 e. The Bertz CT molecular complexity index is 2670. The van der Waals surface area contributed by atoms with E-state index in [4.69, 9.17) is 19.2 Å². The molecule has 61 heavy (non-hydrogen) atoms. The molecule has 0 aliphatic heterocycles. The van der Waals surface area contributed by atoms with Crippen molar-refractivity contribution in [3.05, 3.63) is 75.7 Å². The number of nitrogens with zero attached hydrogens (tertiary/aromatic N) is 6. The molecular weight excluding hydrogens is 906 g/mol. The molecule has 3 N–H and O–H groups in total. The van der Waals surface area contributed by atoms with Crippen molar-refractivity contribution in [1.82, 2.24) is 44.9 Å². The normalized spacial score (nSPS) is 21.3. The average molecular weight is 958 g/mol. The van der Waals surface area contributed by atoms with Crippen molar-refractivity contribution in [2.24, 2.45) is 22.7 Å². The number of hydrogen-bond acceptors (Lipinski definition) is 11. The monoisotopic (exact) mass is 955 g/mol. The van der Waals surface area contributed by atoms with Crippen LogP contribution in [0.15, 0.2) is 64.6 Å². The maximum Gasteiger partial charge on any atom is 0.203 e. The number of Topliss-reactive ketones (excluding diaryl/α,β-unsaturated/α-hetero) is 2. The van der Waals surface area contributed by atoms with Crippen LogP contribution in [0.3, 0.4) is 0 Å². The zero-order valence-electron chi connectivity index (χ0n) is 35.5. The molecule has 4 atom stereocenters. The molecule has 16 heteroatoms. The minimum atomic E-state index is -0.364. The highest BCUT2D eigenvalue weighted by Gasteiger charge is 2.40. The van der Waals surface area contributed by atoms with Gasteiger partial charge in [-0.15, -0.1) is 0 Å². The van der Waals surface area contributed by atoms with Crippen LogP contribution in [0.2, 0.25) is 0 Å². The largest absolute Gasteiger partial charge is 0.493 e. The van der Waals surface area contributed by atoms with E-state index in [9.17, 15) is 9.59 Å². The highest BCUT2D eigenvalue weighted by molar-refractivity contribution is 9.10. The van der Waals surface area contributed by atoms with E-state index in [0.717, 1.165) is 59.9 Å². The Morgan fingerprint density at radius 1 is 0.689 bits per heavy atom. The van der Waals surface area contributed by atoms with Gasteiger partial charge in [-0.25, -0.2) is 29.9 Å². The molecule has 0 radical (unpaired) electrons. The van der Waals surface area contributed by atoms with Crippen LogP contribution in [0.1, 0.15) is 99.8 Å². The van der Waals surface area contributed by atoms with E-state index in [-0.39, 0.29) is 22.4 Å². The number of benzene rings is 1. The maximum absolute atomic E-state index is 13.5. The number of hydrogen-bond donors (Lipinski definition) is 3. The van der Waals surface area contributed by atoms with E-state index in [1.54, 1.807) is 52.3 Å². The Morgan fingerprint density at radius 2 is 1.20 bits per heavy atom. The lowest BCUT2D eigenvalue weighted by Crippen LogP contribution is -2.33. The molecule has 0 spiro atoms. The van der Waals surface area contributed by atoms with Gasteiger partial charge in [0.05, 0.1) is 56.7 Å². The Hall–Kier alpha value is -5.22. The van der Waals surface area contributed by atoms with Gasteiger partial charge in [0.15, 0.2) is 40.0 Å². The first-order valence-corrected chi connectivity index (χ1v) is 22.0. The molecule has 0 amide bonds. The second-order valence-corrected chi connectivity index (χ2v) is 18.4. The second-order valence-electron chi connectivity index (χ2n) is 16.7. The minimum Gasteiger partial charge on any atom is -0.493 e. The van der Waals surface area contributed by atoms with Crippen LogP contribution >= 0.6 is 31.9 Å². The third-order valence-corrected chi connectivity index (χ3v) is 12.7. The van der Waals surface area contributed by atoms with Crippen molar-refractivity contribution in [3.8, 4) is 28.5 Å². The number of rotatable bonds is 8. The van der Waals surface area contributed by atoms with Crippen molar-refractivity contribution in [2.75, 3.05) is 21.3 Å². The third kappa shape index (κ3) is 9.35. The van der Waals surface area contributed by atoms with Crippen molar-refractivity contribution in [3.63, 3.8) is 0 Å². The van der Waals surface area contributed by atoms with Gasteiger partial charge >= 0.3 is 0 Å². The van der Waals surface area contributed by atoms with Gasteiger partial charge in [-0.2, -0.15) is 0 Å². The van der Waals surface area contributed by atoms with Gasteiger partial charge in [-0.05, 0) is 87.6 Å². The van der Waals surface area contributed by atoms with E-state index in [1.165, 1.54) is 12.8 Å². The molecule has 7 aromatic rings. The summed E-state index contributed by atoms with van der Waals surface area (Å²) in [6, 6.07) is 5.54. The van der Waals surface area contributed by atoms with Crippen LogP contribution in [-0.4, -0.2) is 77.8 Å². The standard InChI is InChI=1S/C24H29N3O4.C15H18BrN3O.C6H4BrN3/c1-14-7-6-8-24(2,11-14)22(28)16-12-25-23-20(16)27-17(13-26-23)15-9-18(29-3)21(31-5)19(10-15)30-4;1-9-4-3-5-15(2,6-9)13(20)10-7-17-14-12(10)19-11(16)8-18-14;7-5-3-9-6-4(10-5)1-2-8-6/h9-10,12-14H,6-8,11H2,1-5H3,(H,25,26);7-9H,3-6H2,1-2H3,(H,17,18);1-3H,(H,8,9). The lowest BCUT2D eigenvalue weighted by atomic mass is 9.68. The maximum atomic E-state index is 13.5. The molecule has 320 valence electrons. The number of H-pyrrole nitrogens is 3. The van der Waals surface area contributed by atoms with Crippen LogP contribution in [0.5, 0.6) is 17.2 Å². The Balaban J connectivity index is 0.000000158. The van der Waals surface area contributed by atoms with Gasteiger partial charge in [-0.3, -0.25) is 9.59 Å². The number of nitrogens with one attached hydrogen (secondary N) is 3. The van der Waals surface area contributed by atoms with Crippen molar-refractivity contribution < 1.29 is 23.8 Å². The number of fused-ring (bicyclic) bond motifs is 3. The number of ether oxygens (including phenoxy) is 3. The number of carbonyl (C=O) groups excluding carboxylic acids is 2. The summed E-state index contributed by atoms with van der Waals surface area (Å²) in [5, 5.41) is 0. The molecule has 1 aromatic carbocycles. The van der Waals surface area contributed by atoms with Gasteiger partial charge in [0.25, 0.3) is 0 Å². The number of carbonyl (C=O) groups is 2. The van der Waals surface area contributed by atoms with Gasteiger partial charge in [0.2, 0.25) is 5.75 Å². The van der Waals surface area contributed by atoms with E-state index >= 15 is 0 Å². The summed E-state index contributed by atoms with van der Waals surface area (Å²) in [6.07, 6.45) is 18.6. The Labute approximate surface area is 371 Å². The number of halogens is 2. The number of aromatic amines is 3. The first-order valence-electron chi connectivity index (χ1n) is 20.4. The van der Waals surface area contributed by atoms with E-state index in [2.05, 4.69) is 99.4 Å². The van der Waals surface area contributed by atoms with E-state index in [0.29, 0.717) is 72.8 Å². The molecule has 2 fully saturated rings. The summed E-state index contributed by atoms with van der Waals surface area (Å²) in [5.41, 5.74) is 6.28. The van der Waals surface area contributed by atoms with Gasteiger partial charge in [-0.1, -0.05) is 53.4 Å². The van der Waals surface area contributed by atoms with E-state index < -0.39 is 0 Å². The highest BCUT2D eigenvalue weighted by Crippen LogP contribution is 2.44. The lowest BCUT2D eigenvalue weighted by molar-refractivity contribution is 0.0698. The summed E-state index contributed by atoms with van der Waals surface area (Å²) in [6.45, 7) is 8.63. The summed E-state index contributed by atoms with van der Waals surface area (Å²) < 4.78 is 17.8. The topological polar surface area (TPSA) is 187 Å². The molecule has 2 aliphatic rings. The molecule has 0 bridgehead atoms. The third-order valence-electron chi connectivity index (χ3n) is 12.0. The number of ketones is 2. The molecule has 4 unspecified atom stereocenters. The molecular formula is C45H51Br2N9O5. The first-order chi connectivity index (χ1) is 29.2. The molecule has 6 heterocycles. The Morgan fingerprint density at radius 3 is 1.72 bits per heavy atom. The van der Waals surface area contributed by atoms with E-state index in [1.807, 2.05) is 24.4 Å². The fourth-order valence-corrected chi connectivity index (χ4v) is 9.55. The lowest BCUT2D eigenvalue weighted by Gasteiger charge is -2.35. The van der Waals surface area contributed by atoms with Crippen molar-refractivity contribution in [2.45, 2.75) is 79.1 Å². The summed E-state index contributed by atoms with van der Waals surface area (Å²) in [4.78, 5) is 61.8. The van der Waals surface area contributed by atoms with Gasteiger partial charge in [0.1, 0.15) is 25.8 Å². The van der Waals surface area contributed by atoms with Gasteiger partial charge < -0.3 is 29.2 Å². The quantitative estimate of drug-likeness (QED) is 0.123. The molecule has 2 aliphatic carbocycles. The fourth-order valence-electron chi connectivity index (χ4n) is 8.97. The Kier molecular flexibility index (Phi) is 13.2. The predicted molar refractivity (Wildman–Crippen MR) is 242 cm³/mol. The molecule has 9 rings (SSSR count). The van der Waals surface area contributed by atoms with Crippen LogP contribution in [0.4, 0.5) is 0 Å².